The normalized spacial score (nSPS) is 17.7. The Labute approximate surface area is 88.9 Å². The van der Waals surface area contributed by atoms with Gasteiger partial charge in [0.1, 0.15) is 5.82 Å². The van der Waals surface area contributed by atoms with Crippen LogP contribution in [0.5, 0.6) is 0 Å². The van der Waals surface area contributed by atoms with Crippen LogP contribution in [0.3, 0.4) is 0 Å². The van der Waals surface area contributed by atoms with Gasteiger partial charge >= 0.3 is 0 Å². The Kier molecular flexibility index (Phi) is 3.28. The largest absolute Gasteiger partial charge is 0.271 e. The summed E-state index contributed by atoms with van der Waals surface area (Å²) in [6, 6.07) is 3.16. The van der Waals surface area contributed by atoms with E-state index in [0.717, 1.165) is 18.0 Å². The van der Waals surface area contributed by atoms with Gasteiger partial charge in [-0.2, -0.15) is 0 Å². The molecule has 0 amide bonds. The Morgan fingerprint density at radius 1 is 1.53 bits per heavy atom. The molecule has 1 aromatic heterocycles. The van der Waals surface area contributed by atoms with Crippen molar-refractivity contribution < 1.29 is 4.39 Å². The third-order valence-corrected chi connectivity index (χ3v) is 2.87. The van der Waals surface area contributed by atoms with E-state index in [2.05, 4.69) is 10.4 Å². The van der Waals surface area contributed by atoms with Crippen LogP contribution in [0.1, 0.15) is 37.4 Å². The van der Waals surface area contributed by atoms with E-state index in [1.165, 1.54) is 31.5 Å². The molecule has 1 aromatic rings. The summed E-state index contributed by atoms with van der Waals surface area (Å²) in [7, 11) is 0. The predicted octanol–water partition coefficient (Wildman–Crippen LogP) is 1.92. The summed E-state index contributed by atoms with van der Waals surface area (Å²) in [5.74, 6) is 6.03. The molecule has 82 valence electrons. The van der Waals surface area contributed by atoms with Crippen LogP contribution < -0.4 is 11.3 Å². The molecule has 1 unspecified atom stereocenters. The van der Waals surface area contributed by atoms with Crippen molar-refractivity contribution in [3.63, 3.8) is 0 Å². The maximum atomic E-state index is 12.7. The second-order valence-corrected chi connectivity index (χ2v) is 4.14. The van der Waals surface area contributed by atoms with Crippen LogP contribution in [-0.4, -0.2) is 4.98 Å². The number of hydrogen-bond acceptors (Lipinski definition) is 3. The second-order valence-electron chi connectivity index (χ2n) is 4.14. The minimum Gasteiger partial charge on any atom is -0.271 e. The van der Waals surface area contributed by atoms with E-state index in [1.54, 1.807) is 6.07 Å². The van der Waals surface area contributed by atoms with Gasteiger partial charge in [0.2, 0.25) is 0 Å². The molecule has 1 aliphatic carbocycles. The van der Waals surface area contributed by atoms with Gasteiger partial charge in [0.25, 0.3) is 0 Å². The van der Waals surface area contributed by atoms with E-state index in [9.17, 15) is 4.39 Å². The number of nitrogens with one attached hydrogen (secondary N) is 1. The van der Waals surface area contributed by atoms with Crippen LogP contribution in [0.15, 0.2) is 18.3 Å². The van der Waals surface area contributed by atoms with Gasteiger partial charge in [0.05, 0.1) is 17.9 Å². The van der Waals surface area contributed by atoms with Crippen molar-refractivity contribution in [1.29, 1.82) is 0 Å². The SMILES string of the molecule is NNC(CCC1CC1)c1ccc(F)cn1. The molecular formula is C11H16FN3. The summed E-state index contributed by atoms with van der Waals surface area (Å²) in [5.41, 5.74) is 3.56. The molecule has 3 N–H and O–H groups in total. The van der Waals surface area contributed by atoms with Gasteiger partial charge in [-0.25, -0.2) is 4.39 Å². The summed E-state index contributed by atoms with van der Waals surface area (Å²) < 4.78 is 12.7. The zero-order valence-corrected chi connectivity index (χ0v) is 8.62. The third kappa shape index (κ3) is 2.97. The fraction of sp³-hybridized carbons (Fsp3) is 0.545. The van der Waals surface area contributed by atoms with Crippen LogP contribution >= 0.6 is 0 Å². The highest BCUT2D eigenvalue weighted by Gasteiger charge is 2.23. The molecule has 2 rings (SSSR count). The van der Waals surface area contributed by atoms with Gasteiger partial charge in [-0.1, -0.05) is 12.8 Å². The van der Waals surface area contributed by atoms with Crippen LogP contribution in [0.25, 0.3) is 0 Å². The molecule has 15 heavy (non-hydrogen) atoms. The van der Waals surface area contributed by atoms with Crippen LogP contribution in [0, 0.1) is 11.7 Å². The van der Waals surface area contributed by atoms with Crippen molar-refractivity contribution in [1.82, 2.24) is 10.4 Å². The molecule has 1 aliphatic rings. The number of pyridine rings is 1. The van der Waals surface area contributed by atoms with E-state index >= 15 is 0 Å². The average Bonchev–Trinajstić information content (AvgIpc) is 3.05. The summed E-state index contributed by atoms with van der Waals surface area (Å²) in [5, 5.41) is 0. The number of nitrogens with zero attached hydrogens (tertiary/aromatic N) is 1. The summed E-state index contributed by atoms with van der Waals surface area (Å²) in [4.78, 5) is 4.03. The molecule has 1 fully saturated rings. The molecule has 0 aliphatic heterocycles. The van der Waals surface area contributed by atoms with E-state index in [0.29, 0.717) is 0 Å². The summed E-state index contributed by atoms with van der Waals surface area (Å²) in [6.45, 7) is 0. The summed E-state index contributed by atoms with van der Waals surface area (Å²) >= 11 is 0. The maximum Gasteiger partial charge on any atom is 0.141 e. The molecular weight excluding hydrogens is 193 g/mol. The Hall–Kier alpha value is -1.00. The van der Waals surface area contributed by atoms with Crippen molar-refractivity contribution in [3.05, 3.63) is 29.8 Å². The van der Waals surface area contributed by atoms with Crippen LogP contribution in [0.4, 0.5) is 4.39 Å². The first-order chi connectivity index (χ1) is 7.29. The standard InChI is InChI=1S/C11H16FN3/c12-9-4-6-10(14-7-9)11(15-13)5-3-8-1-2-8/h4,6-8,11,15H,1-3,5,13H2. The lowest BCUT2D eigenvalue weighted by Crippen LogP contribution is -2.28. The van der Waals surface area contributed by atoms with Crippen molar-refractivity contribution >= 4 is 0 Å². The van der Waals surface area contributed by atoms with E-state index in [-0.39, 0.29) is 11.9 Å². The lowest BCUT2D eigenvalue weighted by Gasteiger charge is -2.14. The molecule has 1 atom stereocenters. The fourth-order valence-corrected chi connectivity index (χ4v) is 1.72. The zero-order chi connectivity index (χ0) is 10.7. The first kappa shape index (κ1) is 10.5. The van der Waals surface area contributed by atoms with E-state index in [4.69, 9.17) is 5.84 Å². The number of rotatable bonds is 5. The number of hydrogen-bond donors (Lipinski definition) is 2. The number of aromatic nitrogens is 1. The van der Waals surface area contributed by atoms with Gasteiger partial charge in [-0.05, 0) is 30.9 Å². The molecule has 0 saturated heterocycles. The quantitative estimate of drug-likeness (QED) is 0.575. The highest BCUT2D eigenvalue weighted by atomic mass is 19.1. The van der Waals surface area contributed by atoms with Crippen molar-refractivity contribution in [3.8, 4) is 0 Å². The van der Waals surface area contributed by atoms with Crippen molar-refractivity contribution in [2.45, 2.75) is 31.7 Å². The van der Waals surface area contributed by atoms with Gasteiger partial charge in [0, 0.05) is 0 Å². The molecule has 4 heteroatoms. The fourth-order valence-electron chi connectivity index (χ4n) is 1.72. The molecule has 0 radical (unpaired) electrons. The van der Waals surface area contributed by atoms with E-state index in [1.807, 2.05) is 0 Å². The van der Waals surface area contributed by atoms with Gasteiger partial charge in [0.15, 0.2) is 0 Å². The Balaban J connectivity index is 1.94. The molecule has 3 nitrogen and oxygen atoms in total. The highest BCUT2D eigenvalue weighted by molar-refractivity contribution is 5.09. The minimum absolute atomic E-state index is 0.0474. The predicted molar refractivity (Wildman–Crippen MR) is 56.2 cm³/mol. The molecule has 0 aromatic carbocycles. The second kappa shape index (κ2) is 4.68. The highest BCUT2D eigenvalue weighted by Crippen LogP contribution is 2.35. The summed E-state index contributed by atoms with van der Waals surface area (Å²) in [6.07, 6.45) is 6.06. The molecule has 1 heterocycles. The first-order valence-electron chi connectivity index (χ1n) is 5.37. The lowest BCUT2D eigenvalue weighted by atomic mass is 10.1. The van der Waals surface area contributed by atoms with Gasteiger partial charge in [-0.3, -0.25) is 16.3 Å². The molecule has 0 spiro atoms. The third-order valence-electron chi connectivity index (χ3n) is 2.87. The maximum absolute atomic E-state index is 12.7. The van der Waals surface area contributed by atoms with E-state index < -0.39 is 0 Å². The zero-order valence-electron chi connectivity index (χ0n) is 8.62. The number of hydrazine groups is 1. The minimum atomic E-state index is -0.309. The van der Waals surface area contributed by atoms with Gasteiger partial charge in [-0.15, -0.1) is 0 Å². The average molecular weight is 209 g/mol. The lowest BCUT2D eigenvalue weighted by molar-refractivity contribution is 0.470. The van der Waals surface area contributed by atoms with Crippen LogP contribution in [-0.2, 0) is 0 Å². The van der Waals surface area contributed by atoms with Gasteiger partial charge < -0.3 is 0 Å². The monoisotopic (exact) mass is 209 g/mol. The molecule has 0 bridgehead atoms. The van der Waals surface area contributed by atoms with Crippen molar-refractivity contribution in [2.24, 2.45) is 11.8 Å². The number of halogens is 1. The Morgan fingerprint density at radius 2 is 2.33 bits per heavy atom. The van der Waals surface area contributed by atoms with Crippen molar-refractivity contribution in [2.75, 3.05) is 0 Å². The smallest absolute Gasteiger partial charge is 0.141 e. The first-order valence-corrected chi connectivity index (χ1v) is 5.37. The molecule has 1 saturated carbocycles. The Morgan fingerprint density at radius 3 is 2.87 bits per heavy atom. The Bertz CT molecular complexity index is 308. The number of nitrogens with two attached hydrogens (primary N) is 1. The topological polar surface area (TPSA) is 50.9 Å². The van der Waals surface area contributed by atoms with Crippen LogP contribution in [0.2, 0.25) is 0 Å².